The number of rotatable bonds is 10. The van der Waals surface area contributed by atoms with Crippen molar-refractivity contribution in [1.82, 2.24) is 9.80 Å². The first-order valence-electron chi connectivity index (χ1n) is 12.3. The van der Waals surface area contributed by atoms with Crippen LogP contribution in [-0.4, -0.2) is 41.2 Å². The molecule has 32 heavy (non-hydrogen) atoms. The van der Waals surface area contributed by atoms with Gasteiger partial charge >= 0.3 is 0 Å². The van der Waals surface area contributed by atoms with E-state index in [-0.39, 0.29) is 24.4 Å². The van der Waals surface area contributed by atoms with Gasteiger partial charge in [0, 0.05) is 18.7 Å². The second-order valence-electron chi connectivity index (χ2n) is 8.95. The molecular formula is C28H38N2O2. The average molecular weight is 435 g/mol. The van der Waals surface area contributed by atoms with E-state index >= 15 is 0 Å². The molecule has 0 bridgehead atoms. The van der Waals surface area contributed by atoms with E-state index in [4.69, 9.17) is 0 Å². The van der Waals surface area contributed by atoms with Crippen LogP contribution in [0.5, 0.6) is 0 Å². The summed E-state index contributed by atoms with van der Waals surface area (Å²) in [7, 11) is 0. The fourth-order valence-electron chi connectivity index (χ4n) is 4.55. The van der Waals surface area contributed by atoms with Crippen LogP contribution in [-0.2, 0) is 17.6 Å². The predicted octanol–water partition coefficient (Wildman–Crippen LogP) is 5.81. The topological polar surface area (TPSA) is 40.6 Å². The van der Waals surface area contributed by atoms with E-state index in [1.54, 1.807) is 4.90 Å². The van der Waals surface area contributed by atoms with Gasteiger partial charge in [0.05, 0.1) is 6.04 Å². The van der Waals surface area contributed by atoms with Crippen molar-refractivity contribution in [2.45, 2.75) is 71.8 Å². The summed E-state index contributed by atoms with van der Waals surface area (Å²) in [5.41, 5.74) is 4.48. The molecule has 0 saturated carbocycles. The molecule has 0 N–H and O–H groups in total. The zero-order chi connectivity index (χ0) is 22.9. The summed E-state index contributed by atoms with van der Waals surface area (Å²) in [6, 6.07) is 16.4. The summed E-state index contributed by atoms with van der Waals surface area (Å²) in [4.78, 5) is 30.3. The summed E-state index contributed by atoms with van der Waals surface area (Å²) < 4.78 is 0. The lowest BCUT2D eigenvalue weighted by Crippen LogP contribution is -2.46. The monoisotopic (exact) mass is 434 g/mol. The Morgan fingerprint density at radius 1 is 0.969 bits per heavy atom. The third-order valence-corrected chi connectivity index (χ3v) is 6.58. The van der Waals surface area contributed by atoms with Crippen molar-refractivity contribution in [3.63, 3.8) is 0 Å². The first kappa shape index (κ1) is 24.0. The highest BCUT2D eigenvalue weighted by Crippen LogP contribution is 2.29. The zero-order valence-corrected chi connectivity index (χ0v) is 20.0. The average Bonchev–Trinajstić information content (AvgIpc) is 2.82. The molecule has 0 unspecified atom stereocenters. The normalized spacial score (nSPS) is 15.3. The van der Waals surface area contributed by atoms with Gasteiger partial charge in [0.25, 0.3) is 5.91 Å². The van der Waals surface area contributed by atoms with E-state index in [9.17, 15) is 9.59 Å². The lowest BCUT2D eigenvalue weighted by Gasteiger charge is -2.36. The Morgan fingerprint density at radius 2 is 1.69 bits per heavy atom. The first-order valence-corrected chi connectivity index (χ1v) is 12.3. The van der Waals surface area contributed by atoms with Crippen LogP contribution in [0.4, 0.5) is 0 Å². The Morgan fingerprint density at radius 3 is 2.41 bits per heavy atom. The molecule has 2 amide bonds. The van der Waals surface area contributed by atoms with Crippen LogP contribution in [0, 0.1) is 0 Å². The number of aryl methyl sites for hydroxylation is 1. The number of unbranched alkanes of at least 4 members (excludes halogenated alkanes) is 3. The van der Waals surface area contributed by atoms with Crippen molar-refractivity contribution >= 4 is 11.8 Å². The second kappa shape index (κ2) is 11.8. The van der Waals surface area contributed by atoms with E-state index < -0.39 is 0 Å². The van der Waals surface area contributed by atoms with Gasteiger partial charge in [0.1, 0.15) is 6.54 Å². The van der Waals surface area contributed by atoms with Crippen LogP contribution in [0.3, 0.4) is 0 Å². The molecule has 0 saturated heterocycles. The number of benzene rings is 2. The van der Waals surface area contributed by atoms with E-state index in [1.807, 2.05) is 23.1 Å². The Balaban J connectivity index is 1.71. The Kier molecular flexibility index (Phi) is 8.90. The molecule has 1 aliphatic heterocycles. The molecule has 1 aliphatic rings. The van der Waals surface area contributed by atoms with Crippen LogP contribution in [0.25, 0.3) is 0 Å². The molecule has 2 aromatic rings. The molecule has 0 radical (unpaired) electrons. The van der Waals surface area contributed by atoms with Crippen molar-refractivity contribution < 1.29 is 9.59 Å². The minimum absolute atomic E-state index is 0.0383. The number of carbonyl (C=O) groups excluding carboxylic acids is 2. The molecule has 172 valence electrons. The third kappa shape index (κ3) is 5.99. The van der Waals surface area contributed by atoms with Crippen LogP contribution in [0.2, 0.25) is 0 Å². The van der Waals surface area contributed by atoms with Gasteiger partial charge in [-0.15, -0.1) is 0 Å². The summed E-state index contributed by atoms with van der Waals surface area (Å²) >= 11 is 0. The lowest BCUT2D eigenvalue weighted by atomic mass is 9.93. The van der Waals surface area contributed by atoms with E-state index in [2.05, 4.69) is 51.1 Å². The smallest absolute Gasteiger partial charge is 0.254 e. The number of hydrogen-bond acceptors (Lipinski definition) is 2. The minimum atomic E-state index is -0.0402. The first-order chi connectivity index (χ1) is 15.5. The summed E-state index contributed by atoms with van der Waals surface area (Å²) in [6.07, 6.45) is 7.29. The molecule has 3 rings (SSSR count). The fraction of sp³-hybridized carbons (Fsp3) is 0.500. The maximum atomic E-state index is 13.3. The standard InChI is InChI=1S/C28H38N2O2/c1-4-6-10-19-29(28(32)25-16-14-23(15-17-25)11-7-5-2)21-27(31)30-20-18-24-12-8-9-13-26(24)22(30)3/h8-9,12-17,22H,4-7,10-11,18-21H2,1-3H3/t22-/m0/s1. The molecule has 0 spiro atoms. The van der Waals surface area contributed by atoms with Crippen molar-refractivity contribution in [3.8, 4) is 0 Å². The molecule has 1 atom stereocenters. The lowest BCUT2D eigenvalue weighted by molar-refractivity contribution is -0.134. The van der Waals surface area contributed by atoms with Gasteiger partial charge in [-0.05, 0) is 61.4 Å². The van der Waals surface area contributed by atoms with Crippen molar-refractivity contribution in [1.29, 1.82) is 0 Å². The van der Waals surface area contributed by atoms with Gasteiger partial charge in [0.2, 0.25) is 5.91 Å². The van der Waals surface area contributed by atoms with Crippen LogP contribution < -0.4 is 0 Å². The Hall–Kier alpha value is -2.62. The van der Waals surface area contributed by atoms with Crippen molar-refractivity contribution in [2.75, 3.05) is 19.6 Å². The number of amides is 2. The molecule has 4 heteroatoms. The van der Waals surface area contributed by atoms with Crippen LogP contribution >= 0.6 is 0 Å². The quantitative estimate of drug-likeness (QED) is 0.443. The predicted molar refractivity (Wildman–Crippen MR) is 131 cm³/mol. The highest BCUT2D eigenvalue weighted by Gasteiger charge is 2.29. The fourth-order valence-corrected chi connectivity index (χ4v) is 4.55. The van der Waals surface area contributed by atoms with Gasteiger partial charge in [-0.2, -0.15) is 0 Å². The van der Waals surface area contributed by atoms with E-state index in [0.29, 0.717) is 18.7 Å². The van der Waals surface area contributed by atoms with E-state index in [1.165, 1.54) is 16.7 Å². The number of nitrogens with zero attached hydrogens (tertiary/aromatic N) is 2. The minimum Gasteiger partial charge on any atom is -0.334 e. The van der Waals surface area contributed by atoms with E-state index in [0.717, 1.165) is 44.9 Å². The summed E-state index contributed by atoms with van der Waals surface area (Å²) in [5.74, 6) is -0.00188. The highest BCUT2D eigenvalue weighted by atomic mass is 16.2. The van der Waals surface area contributed by atoms with Gasteiger partial charge in [-0.1, -0.05) is 69.5 Å². The van der Waals surface area contributed by atoms with Gasteiger partial charge in [-0.3, -0.25) is 9.59 Å². The summed E-state index contributed by atoms with van der Waals surface area (Å²) in [6.45, 7) is 7.90. The highest BCUT2D eigenvalue weighted by molar-refractivity contribution is 5.96. The molecule has 2 aromatic carbocycles. The Bertz CT molecular complexity index is 891. The van der Waals surface area contributed by atoms with Crippen molar-refractivity contribution in [3.05, 3.63) is 70.8 Å². The SMILES string of the molecule is CCCCCN(CC(=O)N1CCc2ccccc2[C@@H]1C)C(=O)c1ccc(CCCC)cc1. The van der Waals surface area contributed by atoms with Gasteiger partial charge in [0.15, 0.2) is 0 Å². The Labute approximate surface area is 193 Å². The number of fused-ring (bicyclic) bond motifs is 1. The number of hydrogen-bond donors (Lipinski definition) is 0. The third-order valence-electron chi connectivity index (χ3n) is 6.58. The number of carbonyl (C=O) groups is 2. The molecular weight excluding hydrogens is 396 g/mol. The molecule has 0 aromatic heterocycles. The van der Waals surface area contributed by atoms with Gasteiger partial charge < -0.3 is 9.80 Å². The maximum absolute atomic E-state index is 13.3. The molecule has 4 nitrogen and oxygen atoms in total. The van der Waals surface area contributed by atoms with Crippen LogP contribution in [0.15, 0.2) is 48.5 Å². The molecule has 0 aliphatic carbocycles. The summed E-state index contributed by atoms with van der Waals surface area (Å²) in [5, 5.41) is 0. The van der Waals surface area contributed by atoms with Crippen molar-refractivity contribution in [2.24, 2.45) is 0 Å². The molecule has 0 fully saturated rings. The largest absolute Gasteiger partial charge is 0.334 e. The zero-order valence-electron chi connectivity index (χ0n) is 20.0. The van der Waals surface area contributed by atoms with Gasteiger partial charge in [-0.25, -0.2) is 0 Å². The second-order valence-corrected chi connectivity index (χ2v) is 8.95. The molecule has 1 heterocycles. The maximum Gasteiger partial charge on any atom is 0.254 e. The van der Waals surface area contributed by atoms with Crippen LogP contribution in [0.1, 0.15) is 86.0 Å².